The van der Waals surface area contributed by atoms with Crippen molar-refractivity contribution in [3.63, 3.8) is 0 Å². The number of aromatic nitrogens is 1. The Balaban J connectivity index is 2.16. The molecule has 22 heavy (non-hydrogen) atoms. The van der Waals surface area contributed by atoms with Gasteiger partial charge in [-0.15, -0.1) is 0 Å². The molecule has 116 valence electrons. The number of anilines is 1. The third-order valence-corrected chi connectivity index (χ3v) is 2.90. The van der Waals surface area contributed by atoms with Crippen LogP contribution in [0.4, 0.5) is 10.5 Å². The Labute approximate surface area is 127 Å². The average Bonchev–Trinajstić information content (AvgIpc) is 2.49. The number of benzene rings is 1. The fourth-order valence-corrected chi connectivity index (χ4v) is 1.98. The number of amides is 2. The van der Waals surface area contributed by atoms with Gasteiger partial charge in [0.25, 0.3) is 0 Å². The molecule has 0 saturated carbocycles. The fourth-order valence-electron chi connectivity index (χ4n) is 1.98. The highest BCUT2D eigenvalue weighted by atomic mass is 16.5. The molecule has 2 amide bonds. The minimum atomic E-state index is -0.964. The second-order valence-corrected chi connectivity index (χ2v) is 4.47. The molecule has 7 heteroatoms. The van der Waals surface area contributed by atoms with E-state index in [1.165, 1.54) is 0 Å². The average molecular weight is 303 g/mol. The van der Waals surface area contributed by atoms with Crippen LogP contribution < -0.4 is 15.4 Å². The first-order chi connectivity index (χ1) is 10.6. The first kappa shape index (κ1) is 15.6. The molecule has 0 aliphatic heterocycles. The van der Waals surface area contributed by atoms with Gasteiger partial charge in [0.05, 0.1) is 24.2 Å². The van der Waals surface area contributed by atoms with Crippen LogP contribution in [0.2, 0.25) is 0 Å². The monoisotopic (exact) mass is 303 g/mol. The predicted octanol–water partition coefficient (Wildman–Crippen LogP) is 2.23. The zero-order valence-corrected chi connectivity index (χ0v) is 12.1. The molecule has 3 N–H and O–H groups in total. The van der Waals surface area contributed by atoms with Gasteiger partial charge in [-0.25, -0.2) is 4.79 Å². The number of hydrogen-bond donors (Lipinski definition) is 3. The van der Waals surface area contributed by atoms with E-state index < -0.39 is 12.0 Å². The van der Waals surface area contributed by atoms with Gasteiger partial charge in [-0.2, -0.15) is 0 Å². The zero-order valence-electron chi connectivity index (χ0n) is 12.1. The van der Waals surface area contributed by atoms with Crippen molar-refractivity contribution in [1.29, 1.82) is 0 Å². The van der Waals surface area contributed by atoms with Gasteiger partial charge in [-0.05, 0) is 31.2 Å². The molecule has 2 rings (SSSR count). The number of rotatable bonds is 6. The highest BCUT2D eigenvalue weighted by molar-refractivity contribution is 6.01. The lowest BCUT2D eigenvalue weighted by Gasteiger charge is -2.12. The summed E-state index contributed by atoms with van der Waals surface area (Å²) in [6.07, 6.45) is 1.50. The van der Waals surface area contributed by atoms with E-state index in [0.29, 0.717) is 23.6 Å². The highest BCUT2D eigenvalue weighted by Gasteiger charge is 2.10. The van der Waals surface area contributed by atoms with Gasteiger partial charge < -0.3 is 20.5 Å². The smallest absolute Gasteiger partial charge is 0.319 e. The molecule has 2 aromatic rings. The normalized spacial score (nSPS) is 10.2. The summed E-state index contributed by atoms with van der Waals surface area (Å²) in [4.78, 5) is 26.5. The number of aliphatic carboxylic acids is 1. The summed E-state index contributed by atoms with van der Waals surface area (Å²) in [5.41, 5.74) is 1.15. The molecule has 1 aromatic heterocycles. The van der Waals surface area contributed by atoms with Crippen LogP contribution in [0.1, 0.15) is 13.3 Å². The van der Waals surface area contributed by atoms with E-state index >= 15 is 0 Å². The Morgan fingerprint density at radius 2 is 2.14 bits per heavy atom. The lowest BCUT2D eigenvalue weighted by Crippen LogP contribution is -2.30. The Bertz CT molecular complexity index is 688. The molecule has 1 heterocycles. The van der Waals surface area contributed by atoms with Crippen molar-refractivity contribution in [3.05, 3.63) is 30.5 Å². The second-order valence-electron chi connectivity index (χ2n) is 4.47. The Morgan fingerprint density at radius 1 is 1.32 bits per heavy atom. The molecule has 0 radical (unpaired) electrons. The summed E-state index contributed by atoms with van der Waals surface area (Å²) >= 11 is 0. The molecule has 0 atom stereocenters. The number of nitrogens with one attached hydrogen (secondary N) is 2. The molecule has 1 aromatic carbocycles. The number of carboxylic acid groups (broad SMARTS) is 1. The summed E-state index contributed by atoms with van der Waals surface area (Å²) in [6, 6.07) is 6.65. The van der Waals surface area contributed by atoms with Crippen molar-refractivity contribution in [2.45, 2.75) is 13.3 Å². The lowest BCUT2D eigenvalue weighted by molar-refractivity contribution is -0.136. The Morgan fingerprint density at radius 3 is 2.86 bits per heavy atom. The van der Waals surface area contributed by atoms with Crippen LogP contribution in [-0.4, -0.2) is 35.2 Å². The predicted molar refractivity (Wildman–Crippen MR) is 82.2 cm³/mol. The van der Waals surface area contributed by atoms with Crippen LogP contribution in [0.3, 0.4) is 0 Å². The van der Waals surface area contributed by atoms with Crippen LogP contribution in [-0.2, 0) is 4.79 Å². The Kier molecular flexibility index (Phi) is 5.13. The maximum atomic E-state index is 11.8. The topological polar surface area (TPSA) is 101 Å². The van der Waals surface area contributed by atoms with Gasteiger partial charge in [-0.1, -0.05) is 0 Å². The van der Waals surface area contributed by atoms with E-state index in [1.54, 1.807) is 24.4 Å². The third kappa shape index (κ3) is 3.85. The number of fused-ring (bicyclic) bond motifs is 1. The van der Waals surface area contributed by atoms with Crippen LogP contribution in [0.25, 0.3) is 10.9 Å². The van der Waals surface area contributed by atoms with Crippen molar-refractivity contribution < 1.29 is 19.4 Å². The SMILES string of the molecule is CCOc1ccc(NC(=O)NCCC(=O)O)c2ncccc12. The largest absolute Gasteiger partial charge is 0.493 e. The number of hydrogen-bond acceptors (Lipinski definition) is 4. The number of nitrogens with zero attached hydrogens (tertiary/aromatic N) is 1. The summed E-state index contributed by atoms with van der Waals surface area (Å²) in [5.74, 6) is -0.268. The van der Waals surface area contributed by atoms with Crippen molar-refractivity contribution in [1.82, 2.24) is 10.3 Å². The number of ether oxygens (including phenoxy) is 1. The maximum absolute atomic E-state index is 11.8. The molecule has 0 aliphatic carbocycles. The quantitative estimate of drug-likeness (QED) is 0.759. The molecule has 0 unspecified atom stereocenters. The van der Waals surface area contributed by atoms with Crippen LogP contribution in [0, 0.1) is 0 Å². The number of urea groups is 1. The van der Waals surface area contributed by atoms with Crippen molar-refractivity contribution in [2.75, 3.05) is 18.5 Å². The van der Waals surface area contributed by atoms with Gasteiger partial charge in [0.15, 0.2) is 0 Å². The van der Waals surface area contributed by atoms with E-state index in [2.05, 4.69) is 15.6 Å². The summed E-state index contributed by atoms with van der Waals surface area (Å²) < 4.78 is 5.54. The summed E-state index contributed by atoms with van der Waals surface area (Å²) in [5, 5.41) is 14.5. The van der Waals surface area contributed by atoms with E-state index in [4.69, 9.17) is 9.84 Å². The van der Waals surface area contributed by atoms with E-state index in [9.17, 15) is 9.59 Å². The van der Waals surface area contributed by atoms with Crippen LogP contribution in [0.5, 0.6) is 5.75 Å². The van der Waals surface area contributed by atoms with E-state index in [0.717, 1.165) is 5.39 Å². The molecule has 0 bridgehead atoms. The fraction of sp³-hybridized carbons (Fsp3) is 0.267. The first-order valence-electron chi connectivity index (χ1n) is 6.89. The van der Waals surface area contributed by atoms with E-state index in [-0.39, 0.29) is 13.0 Å². The number of carbonyl (C=O) groups excluding carboxylic acids is 1. The highest BCUT2D eigenvalue weighted by Crippen LogP contribution is 2.29. The van der Waals surface area contributed by atoms with Crippen LogP contribution >= 0.6 is 0 Å². The van der Waals surface area contributed by atoms with Gasteiger partial charge >= 0.3 is 12.0 Å². The minimum absolute atomic E-state index is 0.0591. The summed E-state index contributed by atoms with van der Waals surface area (Å²) in [7, 11) is 0. The second kappa shape index (κ2) is 7.26. The van der Waals surface area contributed by atoms with Gasteiger partial charge in [0, 0.05) is 18.1 Å². The maximum Gasteiger partial charge on any atom is 0.319 e. The molecular weight excluding hydrogens is 286 g/mol. The number of pyridine rings is 1. The van der Waals surface area contributed by atoms with E-state index in [1.807, 2.05) is 13.0 Å². The van der Waals surface area contributed by atoms with Crippen molar-refractivity contribution >= 4 is 28.6 Å². The van der Waals surface area contributed by atoms with Crippen LogP contribution in [0.15, 0.2) is 30.5 Å². The van der Waals surface area contributed by atoms with Gasteiger partial charge in [-0.3, -0.25) is 9.78 Å². The minimum Gasteiger partial charge on any atom is -0.493 e. The molecular formula is C15H17N3O4. The molecule has 7 nitrogen and oxygen atoms in total. The van der Waals surface area contributed by atoms with Crippen molar-refractivity contribution in [2.24, 2.45) is 0 Å². The third-order valence-electron chi connectivity index (χ3n) is 2.90. The molecule has 0 spiro atoms. The van der Waals surface area contributed by atoms with Crippen molar-refractivity contribution in [3.8, 4) is 5.75 Å². The van der Waals surface area contributed by atoms with Gasteiger partial charge in [0.1, 0.15) is 5.75 Å². The Hall–Kier alpha value is -2.83. The standard InChI is InChI=1S/C15H17N3O4/c1-2-22-12-6-5-11(14-10(12)4-3-8-16-14)18-15(21)17-9-7-13(19)20/h3-6,8H,2,7,9H2,1H3,(H,19,20)(H2,17,18,21). The molecule has 0 saturated heterocycles. The molecule has 0 fully saturated rings. The summed E-state index contributed by atoms with van der Waals surface area (Å²) in [6.45, 7) is 2.49. The number of carbonyl (C=O) groups is 2. The number of carboxylic acids is 1. The molecule has 0 aliphatic rings. The lowest BCUT2D eigenvalue weighted by atomic mass is 10.1. The first-order valence-corrected chi connectivity index (χ1v) is 6.89. The van der Waals surface area contributed by atoms with Gasteiger partial charge in [0.2, 0.25) is 0 Å². The zero-order chi connectivity index (χ0) is 15.9.